The summed E-state index contributed by atoms with van der Waals surface area (Å²) >= 11 is 0. The average Bonchev–Trinajstić information content (AvgIpc) is 2.60. The minimum atomic E-state index is -1.63. The molecule has 0 amide bonds. The number of carbonyl (C=O) groups is 2. The molecule has 0 saturated carbocycles. The second-order valence-electron chi connectivity index (χ2n) is 8.05. The SMILES string of the molecule is CCCCCCCCC=CCCCCCCCCC(O)(CC(=O)O)CC(=O)O. The summed E-state index contributed by atoms with van der Waals surface area (Å²) in [5.41, 5.74) is -1.63. The van der Waals surface area contributed by atoms with E-state index >= 15 is 0 Å². The van der Waals surface area contributed by atoms with E-state index in [4.69, 9.17) is 10.2 Å². The second kappa shape index (κ2) is 17.7. The van der Waals surface area contributed by atoms with Gasteiger partial charge in [0.25, 0.3) is 0 Å². The van der Waals surface area contributed by atoms with Crippen LogP contribution in [-0.4, -0.2) is 32.9 Å². The molecule has 5 heteroatoms. The Balaban J connectivity index is 3.56. The second-order valence-corrected chi connectivity index (χ2v) is 8.05. The van der Waals surface area contributed by atoms with Crippen LogP contribution >= 0.6 is 0 Å². The van der Waals surface area contributed by atoms with Crippen molar-refractivity contribution in [1.82, 2.24) is 0 Å². The summed E-state index contributed by atoms with van der Waals surface area (Å²) in [5, 5.41) is 27.9. The molecule has 0 unspecified atom stereocenters. The van der Waals surface area contributed by atoms with Gasteiger partial charge in [-0.2, -0.15) is 0 Å². The van der Waals surface area contributed by atoms with Crippen LogP contribution in [0.4, 0.5) is 0 Å². The van der Waals surface area contributed by atoms with Crippen molar-refractivity contribution in [3.8, 4) is 0 Å². The normalized spacial score (nSPS) is 11.9. The molecule has 0 fully saturated rings. The fourth-order valence-corrected chi connectivity index (χ4v) is 3.50. The van der Waals surface area contributed by atoms with Crippen molar-refractivity contribution in [1.29, 1.82) is 0 Å². The Morgan fingerprint density at radius 1 is 0.679 bits per heavy atom. The van der Waals surface area contributed by atoms with Gasteiger partial charge in [-0.15, -0.1) is 0 Å². The highest BCUT2D eigenvalue weighted by Gasteiger charge is 2.32. The van der Waals surface area contributed by atoms with Gasteiger partial charge in [0.1, 0.15) is 0 Å². The average molecular weight is 399 g/mol. The van der Waals surface area contributed by atoms with Crippen LogP contribution in [0.3, 0.4) is 0 Å². The van der Waals surface area contributed by atoms with Crippen molar-refractivity contribution < 1.29 is 24.9 Å². The van der Waals surface area contributed by atoms with Gasteiger partial charge in [0, 0.05) is 0 Å². The quantitative estimate of drug-likeness (QED) is 0.170. The van der Waals surface area contributed by atoms with Crippen LogP contribution in [0.1, 0.15) is 116 Å². The number of allylic oxidation sites excluding steroid dienone is 2. The first-order valence-corrected chi connectivity index (χ1v) is 11.2. The van der Waals surface area contributed by atoms with Gasteiger partial charge >= 0.3 is 11.9 Å². The van der Waals surface area contributed by atoms with E-state index in [0.717, 1.165) is 25.7 Å². The van der Waals surface area contributed by atoms with Gasteiger partial charge in [-0.25, -0.2) is 0 Å². The van der Waals surface area contributed by atoms with Crippen LogP contribution in [0.5, 0.6) is 0 Å². The molecule has 0 spiro atoms. The number of unbranched alkanes of at least 4 members (excludes halogenated alkanes) is 12. The first-order valence-electron chi connectivity index (χ1n) is 11.2. The van der Waals surface area contributed by atoms with Crippen LogP contribution in [0.2, 0.25) is 0 Å². The smallest absolute Gasteiger partial charge is 0.306 e. The molecule has 0 bridgehead atoms. The number of hydrogen-bond donors (Lipinski definition) is 3. The third-order valence-electron chi connectivity index (χ3n) is 5.11. The molecule has 28 heavy (non-hydrogen) atoms. The molecule has 0 atom stereocenters. The van der Waals surface area contributed by atoms with Crippen molar-refractivity contribution in [3.05, 3.63) is 12.2 Å². The monoisotopic (exact) mass is 398 g/mol. The number of hydrogen-bond acceptors (Lipinski definition) is 3. The molecule has 164 valence electrons. The molecule has 0 aliphatic heterocycles. The fraction of sp³-hybridized carbons (Fsp3) is 0.826. The molecule has 0 aromatic rings. The lowest BCUT2D eigenvalue weighted by atomic mass is 9.89. The van der Waals surface area contributed by atoms with E-state index in [9.17, 15) is 14.7 Å². The van der Waals surface area contributed by atoms with Crippen molar-refractivity contribution in [2.24, 2.45) is 0 Å². The molecule has 0 aliphatic rings. The summed E-state index contributed by atoms with van der Waals surface area (Å²) in [4.78, 5) is 21.6. The number of aliphatic hydroxyl groups is 1. The topological polar surface area (TPSA) is 94.8 Å². The van der Waals surface area contributed by atoms with Gasteiger partial charge in [-0.1, -0.05) is 83.3 Å². The van der Waals surface area contributed by atoms with Gasteiger partial charge in [-0.3, -0.25) is 9.59 Å². The van der Waals surface area contributed by atoms with E-state index in [1.807, 2.05) is 0 Å². The Kier molecular flexibility index (Phi) is 16.9. The van der Waals surface area contributed by atoms with Crippen LogP contribution in [0, 0.1) is 0 Å². The summed E-state index contributed by atoms with van der Waals surface area (Å²) in [5.74, 6) is -2.32. The fourth-order valence-electron chi connectivity index (χ4n) is 3.50. The van der Waals surface area contributed by atoms with Gasteiger partial charge < -0.3 is 15.3 Å². The Hall–Kier alpha value is -1.36. The summed E-state index contributed by atoms with van der Waals surface area (Å²) in [6, 6.07) is 0. The molecular weight excluding hydrogens is 356 g/mol. The molecule has 0 heterocycles. The molecule has 0 aliphatic carbocycles. The lowest BCUT2D eigenvalue weighted by Gasteiger charge is -2.24. The first-order chi connectivity index (χ1) is 13.4. The van der Waals surface area contributed by atoms with Gasteiger partial charge in [-0.05, 0) is 32.1 Å². The lowest BCUT2D eigenvalue weighted by molar-refractivity contribution is -0.149. The standard InChI is InChI=1S/C23H42O5/c1-2-3-4-5-6-7-8-9-10-11-12-13-14-15-16-17-18-23(28,19-21(24)25)20-22(26)27/h9-10,28H,2-8,11-20H2,1H3,(H,24,25)(H,26,27). The largest absolute Gasteiger partial charge is 0.481 e. The van der Waals surface area contributed by atoms with Gasteiger partial charge in [0.15, 0.2) is 0 Å². The summed E-state index contributed by atoms with van der Waals surface area (Å²) < 4.78 is 0. The molecule has 0 saturated heterocycles. The molecule has 0 rings (SSSR count). The predicted molar refractivity (Wildman–Crippen MR) is 114 cm³/mol. The summed E-state index contributed by atoms with van der Waals surface area (Å²) in [6.45, 7) is 2.24. The third-order valence-corrected chi connectivity index (χ3v) is 5.11. The highest BCUT2D eigenvalue weighted by atomic mass is 16.4. The van der Waals surface area contributed by atoms with Crippen molar-refractivity contribution in [2.75, 3.05) is 0 Å². The highest BCUT2D eigenvalue weighted by molar-refractivity contribution is 5.72. The van der Waals surface area contributed by atoms with Crippen molar-refractivity contribution >= 4 is 11.9 Å². The minimum Gasteiger partial charge on any atom is -0.481 e. The predicted octanol–water partition coefficient (Wildman–Crippen LogP) is 6.09. The summed E-state index contributed by atoms with van der Waals surface area (Å²) in [6.07, 6.45) is 20.3. The van der Waals surface area contributed by atoms with E-state index in [-0.39, 0.29) is 6.42 Å². The Labute approximate surface area is 171 Å². The molecule has 0 aromatic carbocycles. The zero-order valence-corrected chi connectivity index (χ0v) is 17.8. The van der Waals surface area contributed by atoms with E-state index in [2.05, 4.69) is 19.1 Å². The third kappa shape index (κ3) is 18.0. The van der Waals surface area contributed by atoms with E-state index < -0.39 is 30.4 Å². The van der Waals surface area contributed by atoms with Crippen molar-refractivity contribution in [2.45, 2.75) is 122 Å². The first kappa shape index (κ1) is 26.6. The Morgan fingerprint density at radius 2 is 1.07 bits per heavy atom. The maximum Gasteiger partial charge on any atom is 0.306 e. The maximum atomic E-state index is 10.8. The molecular formula is C23H42O5. The molecule has 5 nitrogen and oxygen atoms in total. The van der Waals surface area contributed by atoms with Crippen LogP contribution in [-0.2, 0) is 9.59 Å². The van der Waals surface area contributed by atoms with Crippen LogP contribution in [0.25, 0.3) is 0 Å². The van der Waals surface area contributed by atoms with Crippen molar-refractivity contribution in [3.63, 3.8) is 0 Å². The molecule has 3 N–H and O–H groups in total. The Bertz CT molecular complexity index is 415. The number of carboxylic acid groups (broad SMARTS) is 2. The van der Waals surface area contributed by atoms with Crippen LogP contribution < -0.4 is 0 Å². The van der Waals surface area contributed by atoms with Crippen LogP contribution in [0.15, 0.2) is 12.2 Å². The summed E-state index contributed by atoms with van der Waals surface area (Å²) in [7, 11) is 0. The van der Waals surface area contributed by atoms with E-state index in [1.165, 1.54) is 57.8 Å². The number of carboxylic acids is 2. The molecule has 0 aromatic heterocycles. The molecule has 0 radical (unpaired) electrons. The van der Waals surface area contributed by atoms with Gasteiger partial charge in [0.2, 0.25) is 0 Å². The minimum absolute atomic E-state index is 0.229. The van der Waals surface area contributed by atoms with E-state index in [0.29, 0.717) is 6.42 Å². The zero-order valence-electron chi connectivity index (χ0n) is 17.8. The van der Waals surface area contributed by atoms with Gasteiger partial charge in [0.05, 0.1) is 18.4 Å². The lowest BCUT2D eigenvalue weighted by Crippen LogP contribution is -2.34. The number of aliphatic carboxylic acids is 2. The maximum absolute atomic E-state index is 10.8. The van der Waals surface area contributed by atoms with E-state index in [1.54, 1.807) is 0 Å². The zero-order chi connectivity index (χ0) is 21.1. The Morgan fingerprint density at radius 3 is 1.50 bits per heavy atom. The number of rotatable bonds is 20. The highest BCUT2D eigenvalue weighted by Crippen LogP contribution is 2.24.